The molecule has 0 radical (unpaired) electrons. The summed E-state index contributed by atoms with van der Waals surface area (Å²) in [5, 5.41) is 3.31. The Morgan fingerprint density at radius 1 is 1.15 bits per heavy atom. The highest BCUT2D eigenvalue weighted by atomic mass is 79.9. The Kier molecular flexibility index (Phi) is 4.95. The smallest absolute Gasteiger partial charge is 0.148 e. The number of nitrogens with one attached hydrogen (secondary N) is 2. The minimum Gasteiger partial charge on any atom is -0.339 e. The minimum absolute atomic E-state index is 0.235. The number of aromatic nitrogens is 2. The van der Waals surface area contributed by atoms with Crippen molar-refractivity contribution in [2.45, 2.75) is 19.8 Å². The number of nitrogens with zero attached hydrogens (tertiary/aromatic N) is 2. The van der Waals surface area contributed by atoms with Crippen LogP contribution in [0.25, 0.3) is 0 Å². The second-order valence-electron chi connectivity index (χ2n) is 4.53. The van der Waals surface area contributed by atoms with Crippen molar-refractivity contribution in [2.24, 2.45) is 5.84 Å². The van der Waals surface area contributed by atoms with E-state index in [2.05, 4.69) is 66.4 Å². The van der Waals surface area contributed by atoms with Crippen molar-refractivity contribution >= 4 is 49.2 Å². The van der Waals surface area contributed by atoms with E-state index in [1.807, 2.05) is 18.2 Å². The molecule has 1 aromatic carbocycles. The molecule has 4 N–H and O–H groups in total. The first-order valence-corrected chi connectivity index (χ1v) is 7.65. The molecule has 2 aromatic rings. The van der Waals surface area contributed by atoms with E-state index in [1.165, 1.54) is 6.33 Å². The topological polar surface area (TPSA) is 75.9 Å². The third-order valence-electron chi connectivity index (χ3n) is 2.78. The lowest BCUT2D eigenvalue weighted by atomic mass is 10.0. The van der Waals surface area contributed by atoms with Gasteiger partial charge in [-0.15, -0.1) is 0 Å². The van der Waals surface area contributed by atoms with Crippen LogP contribution in [-0.4, -0.2) is 9.97 Å². The van der Waals surface area contributed by atoms with Crippen molar-refractivity contribution < 1.29 is 0 Å². The fourth-order valence-corrected chi connectivity index (χ4v) is 3.02. The second kappa shape index (κ2) is 6.51. The van der Waals surface area contributed by atoms with Crippen molar-refractivity contribution in [3.05, 3.63) is 39.0 Å². The van der Waals surface area contributed by atoms with Gasteiger partial charge in [-0.3, -0.25) is 0 Å². The van der Waals surface area contributed by atoms with Crippen LogP contribution < -0.4 is 16.6 Å². The van der Waals surface area contributed by atoms with E-state index in [0.29, 0.717) is 5.82 Å². The lowest BCUT2D eigenvalue weighted by molar-refractivity contribution is 0.850. The van der Waals surface area contributed by atoms with Gasteiger partial charge in [0, 0.05) is 14.5 Å². The van der Waals surface area contributed by atoms with Crippen LogP contribution in [0.3, 0.4) is 0 Å². The molecule has 0 atom stereocenters. The molecular formula is C13H15Br2N5. The molecule has 5 nitrogen and oxygen atoms in total. The molecular weight excluding hydrogens is 386 g/mol. The Bertz CT molecular complexity index is 616. The lowest BCUT2D eigenvalue weighted by Crippen LogP contribution is -2.14. The second-order valence-corrected chi connectivity index (χ2v) is 6.30. The average molecular weight is 401 g/mol. The van der Waals surface area contributed by atoms with Gasteiger partial charge in [-0.05, 0) is 40.0 Å². The fraction of sp³-hybridized carbons (Fsp3) is 0.231. The van der Waals surface area contributed by atoms with Gasteiger partial charge in [0.15, 0.2) is 0 Å². The third-order valence-corrected chi connectivity index (χ3v) is 3.93. The molecule has 0 spiro atoms. The zero-order chi connectivity index (χ0) is 14.7. The van der Waals surface area contributed by atoms with E-state index in [0.717, 1.165) is 26.0 Å². The molecule has 0 aliphatic carbocycles. The van der Waals surface area contributed by atoms with Crippen LogP contribution in [0.2, 0.25) is 0 Å². The van der Waals surface area contributed by atoms with Gasteiger partial charge < -0.3 is 10.7 Å². The Morgan fingerprint density at radius 2 is 1.85 bits per heavy atom. The van der Waals surface area contributed by atoms with Gasteiger partial charge in [-0.2, -0.15) is 0 Å². The summed E-state index contributed by atoms with van der Waals surface area (Å²) >= 11 is 6.96. The summed E-state index contributed by atoms with van der Waals surface area (Å²) in [6, 6.07) is 5.90. The molecule has 0 bridgehead atoms. The van der Waals surface area contributed by atoms with Gasteiger partial charge in [-0.1, -0.05) is 29.8 Å². The summed E-state index contributed by atoms with van der Waals surface area (Å²) in [7, 11) is 0. The van der Waals surface area contributed by atoms with Gasteiger partial charge in [0.2, 0.25) is 0 Å². The number of rotatable bonds is 4. The van der Waals surface area contributed by atoms with Crippen LogP contribution in [0.1, 0.15) is 25.3 Å². The molecule has 1 heterocycles. The number of nitrogens with two attached hydrogens (primary N) is 1. The Balaban J connectivity index is 2.43. The first-order valence-electron chi connectivity index (χ1n) is 6.06. The SMILES string of the molecule is CC(C)c1c(NN)ncnc1Nc1ccc(Br)cc1Br. The summed E-state index contributed by atoms with van der Waals surface area (Å²) < 4.78 is 1.95. The number of nitrogen functional groups attached to an aromatic ring is 1. The average Bonchev–Trinajstić information content (AvgIpc) is 2.41. The van der Waals surface area contributed by atoms with E-state index in [4.69, 9.17) is 5.84 Å². The molecule has 20 heavy (non-hydrogen) atoms. The number of hydrazine groups is 1. The Hall–Kier alpha value is -1.18. The molecule has 7 heteroatoms. The molecule has 0 unspecified atom stereocenters. The summed E-state index contributed by atoms with van der Waals surface area (Å²) in [6.07, 6.45) is 1.48. The number of benzene rings is 1. The van der Waals surface area contributed by atoms with Crippen LogP contribution in [0, 0.1) is 0 Å². The molecule has 0 saturated heterocycles. The van der Waals surface area contributed by atoms with Crippen molar-refractivity contribution in [2.75, 3.05) is 10.7 Å². The maximum Gasteiger partial charge on any atom is 0.148 e. The molecule has 0 fully saturated rings. The quantitative estimate of drug-likeness (QED) is 0.530. The highest BCUT2D eigenvalue weighted by Crippen LogP contribution is 2.33. The lowest BCUT2D eigenvalue weighted by Gasteiger charge is -2.17. The van der Waals surface area contributed by atoms with E-state index in [1.54, 1.807) is 0 Å². The molecule has 0 aliphatic heterocycles. The Morgan fingerprint density at radius 3 is 2.45 bits per heavy atom. The molecule has 1 aromatic heterocycles. The highest BCUT2D eigenvalue weighted by molar-refractivity contribution is 9.11. The van der Waals surface area contributed by atoms with Crippen LogP contribution in [0.15, 0.2) is 33.5 Å². The normalized spacial score (nSPS) is 10.7. The van der Waals surface area contributed by atoms with E-state index in [-0.39, 0.29) is 5.92 Å². The maximum atomic E-state index is 5.52. The van der Waals surface area contributed by atoms with Gasteiger partial charge >= 0.3 is 0 Å². The van der Waals surface area contributed by atoms with E-state index >= 15 is 0 Å². The molecule has 106 valence electrons. The molecule has 2 rings (SSSR count). The molecule has 0 aliphatic rings. The predicted octanol–water partition coefficient (Wildman–Crippen LogP) is 4.15. The zero-order valence-electron chi connectivity index (χ0n) is 11.1. The minimum atomic E-state index is 0.235. The third kappa shape index (κ3) is 3.28. The standard InChI is InChI=1S/C13H15Br2N5/c1-7(2)11-12(17-6-18-13(11)20-16)19-10-4-3-8(14)5-9(10)15/h3-7H,16H2,1-2H3,(H2,17,18,19,20). The number of hydrogen-bond donors (Lipinski definition) is 3. The summed E-state index contributed by atoms with van der Waals surface area (Å²) in [5.41, 5.74) is 4.49. The number of anilines is 3. The first-order chi connectivity index (χ1) is 9.52. The summed E-state index contributed by atoms with van der Waals surface area (Å²) in [6.45, 7) is 4.14. The van der Waals surface area contributed by atoms with E-state index < -0.39 is 0 Å². The van der Waals surface area contributed by atoms with Gasteiger partial charge in [0.25, 0.3) is 0 Å². The van der Waals surface area contributed by atoms with Gasteiger partial charge in [0.1, 0.15) is 18.0 Å². The predicted molar refractivity (Wildman–Crippen MR) is 89.1 cm³/mol. The van der Waals surface area contributed by atoms with Crippen molar-refractivity contribution in [3.63, 3.8) is 0 Å². The largest absolute Gasteiger partial charge is 0.339 e. The first kappa shape index (κ1) is 15.2. The molecule has 0 amide bonds. The number of halogens is 2. The van der Waals surface area contributed by atoms with Gasteiger partial charge in [0.05, 0.1) is 5.69 Å². The Labute approximate surface area is 134 Å². The van der Waals surface area contributed by atoms with Crippen LogP contribution >= 0.6 is 31.9 Å². The van der Waals surface area contributed by atoms with Crippen molar-refractivity contribution in [3.8, 4) is 0 Å². The number of hydrogen-bond acceptors (Lipinski definition) is 5. The summed E-state index contributed by atoms with van der Waals surface area (Å²) in [5.74, 6) is 7.12. The van der Waals surface area contributed by atoms with Crippen LogP contribution in [0.5, 0.6) is 0 Å². The zero-order valence-corrected chi connectivity index (χ0v) is 14.3. The monoisotopic (exact) mass is 399 g/mol. The summed E-state index contributed by atoms with van der Waals surface area (Å²) in [4.78, 5) is 8.47. The maximum absolute atomic E-state index is 5.52. The van der Waals surface area contributed by atoms with Gasteiger partial charge in [-0.25, -0.2) is 15.8 Å². The van der Waals surface area contributed by atoms with E-state index in [9.17, 15) is 0 Å². The van der Waals surface area contributed by atoms with Crippen molar-refractivity contribution in [1.82, 2.24) is 9.97 Å². The van der Waals surface area contributed by atoms with Crippen LogP contribution in [-0.2, 0) is 0 Å². The van der Waals surface area contributed by atoms with Crippen LogP contribution in [0.4, 0.5) is 17.3 Å². The fourth-order valence-electron chi connectivity index (χ4n) is 1.88. The van der Waals surface area contributed by atoms with Crippen molar-refractivity contribution in [1.29, 1.82) is 0 Å². The molecule has 0 saturated carbocycles. The highest BCUT2D eigenvalue weighted by Gasteiger charge is 2.15.